The molecule has 1 atom stereocenters. The van der Waals surface area contributed by atoms with Crippen LogP contribution >= 0.6 is 0 Å². The van der Waals surface area contributed by atoms with Gasteiger partial charge in [0.05, 0.1) is 5.92 Å². The number of nitrogens with zero attached hydrogens (tertiary/aromatic N) is 2. The average Bonchev–Trinajstić information content (AvgIpc) is 2.75. The quantitative estimate of drug-likeness (QED) is 0.418. The number of benzene rings is 2. The molecule has 0 aliphatic heterocycles. The largest absolute Gasteiger partial charge is 0.369 e. The summed E-state index contributed by atoms with van der Waals surface area (Å²) in [6.45, 7) is 0.900. The van der Waals surface area contributed by atoms with Gasteiger partial charge in [-0.1, -0.05) is 24.3 Å². The Morgan fingerprint density at radius 3 is 2.42 bits per heavy atom. The van der Waals surface area contributed by atoms with Crippen LogP contribution in [0.25, 0.3) is 0 Å². The van der Waals surface area contributed by atoms with E-state index in [1.54, 1.807) is 44.2 Å². The second-order valence-electron chi connectivity index (χ2n) is 7.46. The molecule has 2 aromatic carbocycles. The third kappa shape index (κ3) is 7.73. The number of carbonyl (C=O) groups is 2. The number of hydrogen-bond acceptors (Lipinski definition) is 3. The molecule has 0 radical (unpaired) electrons. The number of nitrogens with two attached hydrogens (primary N) is 1. The highest BCUT2D eigenvalue weighted by Gasteiger charge is 2.17. The van der Waals surface area contributed by atoms with Gasteiger partial charge in [-0.3, -0.25) is 14.6 Å². The molecular weight excluding hydrogens is 397 g/mol. The van der Waals surface area contributed by atoms with Crippen molar-refractivity contribution in [2.75, 3.05) is 34.2 Å². The highest BCUT2D eigenvalue weighted by molar-refractivity contribution is 5.94. The fraction of sp³-hybridized carbons (Fsp3) is 0.348. The Kier molecular flexibility index (Phi) is 8.99. The van der Waals surface area contributed by atoms with E-state index in [1.807, 2.05) is 18.2 Å². The summed E-state index contributed by atoms with van der Waals surface area (Å²) < 4.78 is 13.1. The first-order chi connectivity index (χ1) is 14.8. The van der Waals surface area contributed by atoms with Gasteiger partial charge >= 0.3 is 0 Å². The van der Waals surface area contributed by atoms with Crippen molar-refractivity contribution in [1.82, 2.24) is 15.5 Å². The Morgan fingerprint density at radius 2 is 1.81 bits per heavy atom. The van der Waals surface area contributed by atoms with Crippen LogP contribution in [0.4, 0.5) is 4.39 Å². The molecule has 1 unspecified atom stereocenters. The lowest BCUT2D eigenvalue weighted by Gasteiger charge is -2.17. The Balaban J connectivity index is 1.86. The van der Waals surface area contributed by atoms with Crippen LogP contribution < -0.4 is 16.4 Å². The standard InChI is InChI=1S/C23H30FN5O2/c1-26-23(27-12-11-16-5-4-6-18(13-16)22(31)29(2)3)28-15-19(21(25)30)14-17-7-9-20(24)10-8-17/h4-10,13,19H,11-12,14-15H2,1-3H3,(H2,25,30)(H2,26,27,28). The molecule has 0 aromatic heterocycles. The van der Waals surface area contributed by atoms with E-state index in [9.17, 15) is 14.0 Å². The minimum atomic E-state index is -0.460. The van der Waals surface area contributed by atoms with Gasteiger partial charge in [0.2, 0.25) is 5.91 Å². The SMILES string of the molecule is CN=C(NCCc1cccc(C(=O)N(C)C)c1)NCC(Cc1ccc(F)cc1)C(N)=O. The third-order valence-corrected chi connectivity index (χ3v) is 4.82. The molecule has 8 heteroatoms. The molecule has 0 aliphatic rings. The number of guanidine groups is 1. The minimum Gasteiger partial charge on any atom is -0.369 e. The van der Waals surface area contributed by atoms with Crippen LogP contribution in [0.2, 0.25) is 0 Å². The van der Waals surface area contributed by atoms with E-state index in [0.29, 0.717) is 37.5 Å². The van der Waals surface area contributed by atoms with E-state index in [-0.39, 0.29) is 11.7 Å². The Hall–Kier alpha value is -3.42. The summed E-state index contributed by atoms with van der Waals surface area (Å²) >= 11 is 0. The van der Waals surface area contributed by atoms with Gasteiger partial charge in [0.25, 0.3) is 5.91 Å². The van der Waals surface area contributed by atoms with E-state index >= 15 is 0 Å². The molecule has 0 saturated heterocycles. The highest BCUT2D eigenvalue weighted by atomic mass is 19.1. The van der Waals surface area contributed by atoms with Crippen LogP contribution in [0, 0.1) is 11.7 Å². The number of carbonyl (C=O) groups excluding carboxylic acids is 2. The first-order valence-corrected chi connectivity index (χ1v) is 10.1. The Labute approximate surface area is 182 Å². The van der Waals surface area contributed by atoms with Crippen LogP contribution in [0.1, 0.15) is 21.5 Å². The maximum Gasteiger partial charge on any atom is 0.253 e. The molecule has 2 amide bonds. The molecule has 31 heavy (non-hydrogen) atoms. The molecule has 2 rings (SSSR count). The van der Waals surface area contributed by atoms with Gasteiger partial charge in [0.1, 0.15) is 5.82 Å². The molecule has 4 N–H and O–H groups in total. The average molecular weight is 428 g/mol. The molecule has 0 bridgehead atoms. The highest BCUT2D eigenvalue weighted by Crippen LogP contribution is 2.10. The van der Waals surface area contributed by atoms with E-state index < -0.39 is 11.8 Å². The molecule has 0 aliphatic carbocycles. The van der Waals surface area contributed by atoms with Crippen molar-refractivity contribution in [3.63, 3.8) is 0 Å². The lowest BCUT2D eigenvalue weighted by molar-refractivity contribution is -0.121. The lowest BCUT2D eigenvalue weighted by atomic mass is 9.98. The van der Waals surface area contributed by atoms with Crippen molar-refractivity contribution >= 4 is 17.8 Å². The topological polar surface area (TPSA) is 99.8 Å². The molecule has 0 heterocycles. The van der Waals surface area contributed by atoms with Crippen molar-refractivity contribution in [2.45, 2.75) is 12.8 Å². The zero-order chi connectivity index (χ0) is 22.8. The number of aliphatic imine (C=N–C) groups is 1. The van der Waals surface area contributed by atoms with Crippen LogP contribution in [0.15, 0.2) is 53.5 Å². The van der Waals surface area contributed by atoms with Gasteiger partial charge in [-0.2, -0.15) is 0 Å². The summed E-state index contributed by atoms with van der Waals surface area (Å²) in [4.78, 5) is 29.6. The fourth-order valence-corrected chi connectivity index (χ4v) is 3.06. The number of hydrogen-bond donors (Lipinski definition) is 3. The summed E-state index contributed by atoms with van der Waals surface area (Å²) in [5.41, 5.74) is 8.05. The van der Waals surface area contributed by atoms with Gasteiger partial charge in [0, 0.05) is 39.8 Å². The second kappa shape index (κ2) is 11.7. The van der Waals surface area contributed by atoms with Crippen molar-refractivity contribution in [3.05, 3.63) is 71.0 Å². The van der Waals surface area contributed by atoms with Gasteiger partial charge in [-0.25, -0.2) is 4.39 Å². The molecule has 0 fully saturated rings. The molecule has 2 aromatic rings. The summed E-state index contributed by atoms with van der Waals surface area (Å²) in [6, 6.07) is 13.5. The van der Waals surface area contributed by atoms with Crippen molar-refractivity contribution in [2.24, 2.45) is 16.6 Å². The van der Waals surface area contributed by atoms with Crippen LogP contribution in [0.5, 0.6) is 0 Å². The monoisotopic (exact) mass is 427 g/mol. The molecule has 0 spiro atoms. The Bertz CT molecular complexity index is 912. The third-order valence-electron chi connectivity index (χ3n) is 4.82. The zero-order valence-electron chi connectivity index (χ0n) is 18.2. The van der Waals surface area contributed by atoms with Gasteiger partial charge in [-0.15, -0.1) is 0 Å². The van der Waals surface area contributed by atoms with E-state index in [2.05, 4.69) is 15.6 Å². The summed E-state index contributed by atoms with van der Waals surface area (Å²) in [5.74, 6) is -0.706. The molecule has 166 valence electrons. The number of amides is 2. The zero-order valence-corrected chi connectivity index (χ0v) is 18.2. The first kappa shape index (κ1) is 23.9. The Morgan fingerprint density at radius 1 is 1.10 bits per heavy atom. The number of rotatable bonds is 9. The normalized spacial score (nSPS) is 12.2. The maximum atomic E-state index is 13.1. The molecule has 0 saturated carbocycles. The predicted octanol–water partition coefficient (Wildman–Crippen LogP) is 1.58. The maximum absolute atomic E-state index is 13.1. The fourth-order valence-electron chi connectivity index (χ4n) is 3.06. The van der Waals surface area contributed by atoms with Crippen LogP contribution in [-0.2, 0) is 17.6 Å². The smallest absolute Gasteiger partial charge is 0.253 e. The van der Waals surface area contributed by atoms with Crippen molar-refractivity contribution in [1.29, 1.82) is 0 Å². The minimum absolute atomic E-state index is 0.0362. The summed E-state index contributed by atoms with van der Waals surface area (Å²) in [7, 11) is 5.09. The first-order valence-electron chi connectivity index (χ1n) is 10.1. The summed E-state index contributed by atoms with van der Waals surface area (Å²) in [5, 5.41) is 6.31. The van der Waals surface area contributed by atoms with Crippen LogP contribution in [-0.4, -0.2) is 56.9 Å². The lowest BCUT2D eigenvalue weighted by Crippen LogP contribution is -2.43. The second-order valence-corrected chi connectivity index (χ2v) is 7.46. The molecular formula is C23H30FN5O2. The van der Waals surface area contributed by atoms with Gasteiger partial charge in [-0.05, 0) is 48.2 Å². The van der Waals surface area contributed by atoms with E-state index in [1.165, 1.54) is 12.1 Å². The van der Waals surface area contributed by atoms with Crippen molar-refractivity contribution in [3.8, 4) is 0 Å². The number of halogens is 1. The van der Waals surface area contributed by atoms with E-state index in [4.69, 9.17) is 5.73 Å². The van der Waals surface area contributed by atoms with Crippen LogP contribution in [0.3, 0.4) is 0 Å². The molecule has 7 nitrogen and oxygen atoms in total. The van der Waals surface area contributed by atoms with Gasteiger partial charge < -0.3 is 21.3 Å². The predicted molar refractivity (Wildman–Crippen MR) is 120 cm³/mol. The number of nitrogens with one attached hydrogen (secondary N) is 2. The van der Waals surface area contributed by atoms with E-state index in [0.717, 1.165) is 11.1 Å². The summed E-state index contributed by atoms with van der Waals surface area (Å²) in [6.07, 6.45) is 1.11. The van der Waals surface area contributed by atoms with Crippen molar-refractivity contribution < 1.29 is 14.0 Å². The number of primary amides is 1. The van der Waals surface area contributed by atoms with Gasteiger partial charge in [0.15, 0.2) is 5.96 Å².